The lowest BCUT2D eigenvalue weighted by molar-refractivity contribution is -0.246. The van der Waals surface area contributed by atoms with Crippen molar-refractivity contribution in [1.82, 2.24) is 0 Å². The molecule has 1 heterocycles. The Morgan fingerprint density at radius 3 is 2.12 bits per heavy atom. The number of aliphatic hydroxyl groups excluding tert-OH is 2. The number of fused-ring (bicyclic) bond motifs is 2. The number of aliphatic hydroxyl groups is 2. The Balaban J connectivity index is 1.52. The molecule has 33 heavy (non-hydrogen) atoms. The number of hydrogen-bond donors (Lipinski definition) is 2. The van der Waals surface area contributed by atoms with Crippen LogP contribution in [-0.2, 0) is 13.9 Å². The molecular formula is C27H50O5Si. The van der Waals surface area contributed by atoms with E-state index in [-0.39, 0.29) is 47.0 Å². The van der Waals surface area contributed by atoms with Crippen molar-refractivity contribution >= 4 is 8.32 Å². The minimum Gasteiger partial charge on any atom is -0.414 e. The van der Waals surface area contributed by atoms with Gasteiger partial charge in [-0.25, -0.2) is 0 Å². The summed E-state index contributed by atoms with van der Waals surface area (Å²) in [5.41, 5.74) is 0.00499. The van der Waals surface area contributed by atoms with E-state index in [2.05, 4.69) is 47.7 Å². The first kappa shape index (κ1) is 26.1. The second-order valence-electron chi connectivity index (χ2n) is 13.7. The SMILES string of the molecule is CC(C)(C)[Si](C)(C)OC1CC[C@](C)(C2CC[C@@]3(C)C(CCC34OCCO4)[C@@H]2CO)[C@@H](CO)C1. The van der Waals surface area contributed by atoms with Crippen LogP contribution < -0.4 is 0 Å². The molecule has 1 aliphatic heterocycles. The van der Waals surface area contributed by atoms with Crippen molar-refractivity contribution in [1.29, 1.82) is 0 Å². The van der Waals surface area contributed by atoms with Crippen LogP contribution in [0.25, 0.3) is 0 Å². The summed E-state index contributed by atoms with van der Waals surface area (Å²) in [5.74, 6) is 0.855. The van der Waals surface area contributed by atoms with Gasteiger partial charge in [0.05, 0.1) is 13.2 Å². The van der Waals surface area contributed by atoms with E-state index in [4.69, 9.17) is 13.9 Å². The van der Waals surface area contributed by atoms with E-state index in [1.165, 1.54) is 0 Å². The monoisotopic (exact) mass is 482 g/mol. The van der Waals surface area contributed by atoms with Crippen molar-refractivity contribution in [3.63, 3.8) is 0 Å². The highest BCUT2D eigenvalue weighted by Gasteiger charge is 2.66. The summed E-state index contributed by atoms with van der Waals surface area (Å²) in [7, 11) is -1.84. The third-order valence-electron chi connectivity index (χ3n) is 11.3. The van der Waals surface area contributed by atoms with Gasteiger partial charge in [0.25, 0.3) is 0 Å². The molecule has 0 radical (unpaired) electrons. The minimum absolute atomic E-state index is 0.0267. The Morgan fingerprint density at radius 2 is 1.55 bits per heavy atom. The third-order valence-corrected chi connectivity index (χ3v) is 15.8. The summed E-state index contributed by atoms with van der Waals surface area (Å²) in [4.78, 5) is 0. The minimum atomic E-state index is -1.84. The first-order valence-electron chi connectivity index (χ1n) is 13.5. The zero-order chi connectivity index (χ0) is 24.3. The maximum Gasteiger partial charge on any atom is 0.192 e. The van der Waals surface area contributed by atoms with Gasteiger partial charge in [0, 0.05) is 31.2 Å². The predicted octanol–water partition coefficient (Wildman–Crippen LogP) is 5.35. The van der Waals surface area contributed by atoms with Crippen molar-refractivity contribution in [3.05, 3.63) is 0 Å². The molecule has 0 aromatic heterocycles. The van der Waals surface area contributed by atoms with Gasteiger partial charge in [0.2, 0.25) is 0 Å². The lowest BCUT2D eigenvalue weighted by Gasteiger charge is -2.58. The van der Waals surface area contributed by atoms with E-state index in [0.29, 0.717) is 25.0 Å². The lowest BCUT2D eigenvalue weighted by Crippen LogP contribution is -2.56. The number of ether oxygens (including phenoxy) is 2. The van der Waals surface area contributed by atoms with Gasteiger partial charge in [-0.2, -0.15) is 0 Å². The quantitative estimate of drug-likeness (QED) is 0.517. The smallest absolute Gasteiger partial charge is 0.192 e. The van der Waals surface area contributed by atoms with E-state index >= 15 is 0 Å². The molecule has 1 spiro atoms. The predicted molar refractivity (Wildman–Crippen MR) is 133 cm³/mol. The van der Waals surface area contributed by atoms with Crippen LogP contribution in [0.2, 0.25) is 18.1 Å². The van der Waals surface area contributed by atoms with E-state index in [0.717, 1.165) is 44.9 Å². The van der Waals surface area contributed by atoms with E-state index in [9.17, 15) is 10.2 Å². The average Bonchev–Trinajstić information content (AvgIpc) is 3.34. The topological polar surface area (TPSA) is 68.2 Å². The zero-order valence-electron chi connectivity index (χ0n) is 22.3. The molecule has 0 aromatic rings. The Bertz CT molecular complexity index is 699. The van der Waals surface area contributed by atoms with Crippen LogP contribution in [0.15, 0.2) is 0 Å². The van der Waals surface area contributed by atoms with Gasteiger partial charge in [-0.1, -0.05) is 34.6 Å². The molecule has 3 saturated carbocycles. The molecule has 2 N–H and O–H groups in total. The van der Waals surface area contributed by atoms with E-state index in [1.807, 2.05) is 0 Å². The standard InChI is InChI=1S/C27H50O5Si/c1-24(2,3)33(6,7)32-20-8-11-25(4,19(16-20)17-28)22-9-12-26(5)23(21(22)18-29)10-13-27(26)30-14-15-31-27/h19-23,28-29H,8-18H2,1-7H3/t19-,20?,21-,22?,23?,25+,26+/m1/s1. The molecule has 4 fully saturated rings. The van der Waals surface area contributed by atoms with Gasteiger partial charge < -0.3 is 24.1 Å². The summed E-state index contributed by atoms with van der Waals surface area (Å²) in [5, 5.41) is 21.4. The first-order valence-corrected chi connectivity index (χ1v) is 16.4. The molecule has 6 heteroatoms. The van der Waals surface area contributed by atoms with Crippen molar-refractivity contribution in [3.8, 4) is 0 Å². The Hall–Kier alpha value is 0.0169. The lowest BCUT2D eigenvalue weighted by atomic mass is 9.49. The highest BCUT2D eigenvalue weighted by Crippen LogP contribution is 2.66. The van der Waals surface area contributed by atoms with Gasteiger partial charge in [0.1, 0.15) is 0 Å². The average molecular weight is 483 g/mol. The molecule has 3 aliphatic carbocycles. The van der Waals surface area contributed by atoms with Gasteiger partial charge in [0.15, 0.2) is 14.1 Å². The second-order valence-corrected chi connectivity index (χ2v) is 18.4. The fraction of sp³-hybridized carbons (Fsp3) is 1.00. The molecule has 4 rings (SSSR count). The van der Waals surface area contributed by atoms with Crippen molar-refractivity contribution in [2.45, 2.75) is 110 Å². The molecule has 5 nitrogen and oxygen atoms in total. The Labute approximate surface area is 203 Å². The van der Waals surface area contributed by atoms with Crippen LogP contribution in [0.4, 0.5) is 0 Å². The maximum atomic E-state index is 10.7. The molecule has 192 valence electrons. The van der Waals surface area contributed by atoms with E-state index in [1.54, 1.807) is 0 Å². The van der Waals surface area contributed by atoms with Crippen LogP contribution in [0.1, 0.15) is 79.6 Å². The van der Waals surface area contributed by atoms with Gasteiger partial charge in [-0.3, -0.25) is 0 Å². The summed E-state index contributed by atoms with van der Waals surface area (Å²) in [6, 6.07) is 0. The Morgan fingerprint density at radius 1 is 0.909 bits per heavy atom. The summed E-state index contributed by atoms with van der Waals surface area (Å²) >= 11 is 0. The van der Waals surface area contributed by atoms with Crippen LogP contribution >= 0.6 is 0 Å². The van der Waals surface area contributed by atoms with Crippen molar-refractivity contribution < 1.29 is 24.1 Å². The van der Waals surface area contributed by atoms with Gasteiger partial charge >= 0.3 is 0 Å². The maximum absolute atomic E-state index is 10.7. The number of rotatable bonds is 5. The van der Waals surface area contributed by atoms with E-state index < -0.39 is 14.1 Å². The molecule has 0 amide bonds. The fourth-order valence-corrected chi connectivity index (χ4v) is 9.50. The van der Waals surface area contributed by atoms with Crippen LogP contribution in [0.3, 0.4) is 0 Å². The second kappa shape index (κ2) is 8.84. The highest BCUT2D eigenvalue weighted by molar-refractivity contribution is 6.74. The number of hydrogen-bond acceptors (Lipinski definition) is 5. The largest absolute Gasteiger partial charge is 0.414 e. The summed E-state index contributed by atoms with van der Waals surface area (Å²) in [6.07, 6.45) is 7.48. The van der Waals surface area contributed by atoms with Crippen LogP contribution in [0.5, 0.6) is 0 Å². The molecule has 3 unspecified atom stereocenters. The molecule has 0 bridgehead atoms. The van der Waals surface area contributed by atoms with Crippen molar-refractivity contribution in [2.75, 3.05) is 26.4 Å². The summed E-state index contributed by atoms with van der Waals surface area (Å²) in [6.45, 7) is 18.1. The summed E-state index contributed by atoms with van der Waals surface area (Å²) < 4.78 is 19.3. The van der Waals surface area contributed by atoms with Crippen LogP contribution in [-0.4, -0.2) is 56.8 Å². The Kier molecular flexibility index (Phi) is 6.99. The van der Waals surface area contributed by atoms with Gasteiger partial charge in [-0.15, -0.1) is 0 Å². The third kappa shape index (κ3) is 4.09. The molecule has 0 aromatic carbocycles. The normalized spacial score (nSPS) is 43.7. The van der Waals surface area contributed by atoms with Gasteiger partial charge in [-0.05, 0) is 85.7 Å². The van der Waals surface area contributed by atoms with Crippen LogP contribution in [0, 0.1) is 34.5 Å². The molecule has 1 saturated heterocycles. The van der Waals surface area contributed by atoms with Crippen molar-refractivity contribution in [2.24, 2.45) is 34.5 Å². The molecule has 4 aliphatic rings. The molecule has 7 atom stereocenters. The fourth-order valence-electron chi connectivity index (χ4n) is 8.10. The first-order chi connectivity index (χ1) is 15.3. The zero-order valence-corrected chi connectivity index (χ0v) is 23.3. The highest BCUT2D eigenvalue weighted by atomic mass is 28.4. The molecular weight excluding hydrogens is 432 g/mol.